The first-order valence-electron chi connectivity index (χ1n) is 8.06. The monoisotopic (exact) mass is 285 g/mol. The van der Waals surface area contributed by atoms with Crippen LogP contribution in [0.3, 0.4) is 0 Å². The van der Waals surface area contributed by atoms with Crippen LogP contribution in [0.25, 0.3) is 5.65 Å². The summed E-state index contributed by atoms with van der Waals surface area (Å²) in [7, 11) is 0. The second-order valence-corrected chi connectivity index (χ2v) is 6.47. The van der Waals surface area contributed by atoms with Crippen LogP contribution in [0.1, 0.15) is 48.6 Å². The van der Waals surface area contributed by atoms with Crippen LogP contribution in [-0.2, 0) is 0 Å². The Morgan fingerprint density at radius 1 is 1.29 bits per heavy atom. The van der Waals surface area contributed by atoms with Gasteiger partial charge in [-0.3, -0.25) is 0 Å². The first-order valence-corrected chi connectivity index (χ1v) is 8.06. The lowest BCUT2D eigenvalue weighted by molar-refractivity contribution is 0.409. The van der Waals surface area contributed by atoms with Gasteiger partial charge in [0.15, 0.2) is 5.65 Å². The van der Waals surface area contributed by atoms with Crippen LogP contribution in [0.5, 0.6) is 0 Å². The van der Waals surface area contributed by atoms with Crippen LogP contribution in [-0.4, -0.2) is 33.7 Å². The molecule has 0 amide bonds. The second kappa shape index (κ2) is 4.98. The molecule has 0 aromatic carbocycles. The Kier molecular flexibility index (Phi) is 3.10. The van der Waals surface area contributed by atoms with E-state index < -0.39 is 0 Å². The molecular formula is C16H23N5. The second-order valence-electron chi connectivity index (χ2n) is 6.47. The Balaban J connectivity index is 1.77. The van der Waals surface area contributed by atoms with Crippen molar-refractivity contribution in [2.75, 3.05) is 18.4 Å². The summed E-state index contributed by atoms with van der Waals surface area (Å²) in [5.74, 6) is 1.77. The molecule has 0 spiro atoms. The summed E-state index contributed by atoms with van der Waals surface area (Å²) < 4.78 is 2.02. The molecule has 2 fully saturated rings. The Hall–Kier alpha value is -1.62. The number of hydrogen-bond donors (Lipinski definition) is 2. The molecule has 3 heterocycles. The van der Waals surface area contributed by atoms with Gasteiger partial charge in [-0.2, -0.15) is 9.61 Å². The largest absolute Gasteiger partial charge is 0.366 e. The van der Waals surface area contributed by atoms with Crippen LogP contribution < -0.4 is 10.6 Å². The van der Waals surface area contributed by atoms with Crippen LogP contribution >= 0.6 is 0 Å². The molecule has 1 aliphatic heterocycles. The maximum absolute atomic E-state index is 4.85. The van der Waals surface area contributed by atoms with Crippen molar-refractivity contribution >= 4 is 11.5 Å². The zero-order valence-corrected chi connectivity index (χ0v) is 12.8. The molecule has 0 bridgehead atoms. The van der Waals surface area contributed by atoms with Gasteiger partial charge in [-0.1, -0.05) is 6.42 Å². The fourth-order valence-electron chi connectivity index (χ4n) is 3.26. The van der Waals surface area contributed by atoms with Gasteiger partial charge in [0.1, 0.15) is 5.82 Å². The standard InChI is InChI=1S/C16H23N5/c1-10-11(2)18-15-8-14(12-4-3-5-12)20-21(15)16(10)19-13-6-7-17-9-13/h8,12-13,17,19H,3-7,9H2,1-2H3. The van der Waals surface area contributed by atoms with E-state index in [0.29, 0.717) is 12.0 Å². The summed E-state index contributed by atoms with van der Waals surface area (Å²) in [5, 5.41) is 11.9. The highest BCUT2D eigenvalue weighted by atomic mass is 15.3. The van der Waals surface area contributed by atoms with Crippen molar-refractivity contribution in [1.82, 2.24) is 19.9 Å². The number of rotatable bonds is 3. The van der Waals surface area contributed by atoms with E-state index in [4.69, 9.17) is 10.1 Å². The highest BCUT2D eigenvalue weighted by molar-refractivity contribution is 5.56. The Bertz CT molecular complexity index is 665. The maximum atomic E-state index is 4.85. The third kappa shape index (κ3) is 2.20. The average molecular weight is 285 g/mol. The van der Waals surface area contributed by atoms with E-state index in [9.17, 15) is 0 Å². The molecule has 1 aliphatic carbocycles. The number of hydrogen-bond acceptors (Lipinski definition) is 4. The predicted molar refractivity (Wildman–Crippen MR) is 84.0 cm³/mol. The molecule has 1 atom stereocenters. The summed E-state index contributed by atoms with van der Waals surface area (Å²) in [6.07, 6.45) is 5.05. The Morgan fingerprint density at radius 2 is 2.14 bits per heavy atom. The predicted octanol–water partition coefficient (Wildman–Crippen LogP) is 2.39. The van der Waals surface area contributed by atoms with Crippen LogP contribution in [0.2, 0.25) is 0 Å². The minimum atomic E-state index is 0.491. The zero-order valence-electron chi connectivity index (χ0n) is 12.8. The molecule has 112 valence electrons. The van der Waals surface area contributed by atoms with Crippen LogP contribution in [0.4, 0.5) is 5.82 Å². The fraction of sp³-hybridized carbons (Fsp3) is 0.625. The SMILES string of the molecule is Cc1nc2cc(C3CCC3)nn2c(NC2CCNC2)c1C. The lowest BCUT2D eigenvalue weighted by Gasteiger charge is -2.22. The summed E-state index contributed by atoms with van der Waals surface area (Å²) in [6, 6.07) is 2.67. The molecule has 4 rings (SSSR count). The first-order chi connectivity index (χ1) is 10.2. The summed E-state index contributed by atoms with van der Waals surface area (Å²) >= 11 is 0. The van der Waals surface area contributed by atoms with Crippen molar-refractivity contribution < 1.29 is 0 Å². The number of anilines is 1. The third-order valence-corrected chi connectivity index (χ3v) is 5.03. The number of nitrogens with one attached hydrogen (secondary N) is 2. The number of fused-ring (bicyclic) bond motifs is 1. The summed E-state index contributed by atoms with van der Waals surface area (Å²) in [6.45, 7) is 6.34. The van der Waals surface area contributed by atoms with Gasteiger partial charge in [-0.25, -0.2) is 4.98 Å². The van der Waals surface area contributed by atoms with Gasteiger partial charge in [-0.15, -0.1) is 0 Å². The first kappa shape index (κ1) is 13.1. The topological polar surface area (TPSA) is 54.2 Å². The quantitative estimate of drug-likeness (QED) is 0.909. The van der Waals surface area contributed by atoms with Crippen LogP contribution in [0.15, 0.2) is 6.07 Å². The van der Waals surface area contributed by atoms with E-state index in [1.165, 1.54) is 36.9 Å². The molecular weight excluding hydrogens is 262 g/mol. The van der Waals surface area contributed by atoms with Crippen molar-refractivity contribution in [3.8, 4) is 0 Å². The van der Waals surface area contributed by atoms with E-state index in [1.807, 2.05) is 4.52 Å². The van der Waals surface area contributed by atoms with Gasteiger partial charge in [-0.05, 0) is 39.7 Å². The maximum Gasteiger partial charge on any atom is 0.157 e. The number of aryl methyl sites for hydroxylation is 1. The summed E-state index contributed by atoms with van der Waals surface area (Å²) in [4.78, 5) is 4.72. The van der Waals surface area contributed by atoms with Gasteiger partial charge >= 0.3 is 0 Å². The van der Waals surface area contributed by atoms with E-state index in [1.54, 1.807) is 0 Å². The molecule has 5 heteroatoms. The molecule has 21 heavy (non-hydrogen) atoms. The number of nitrogens with zero attached hydrogens (tertiary/aromatic N) is 3. The van der Waals surface area contributed by atoms with Gasteiger partial charge in [0.05, 0.1) is 5.69 Å². The smallest absolute Gasteiger partial charge is 0.157 e. The van der Waals surface area contributed by atoms with Gasteiger partial charge in [0.25, 0.3) is 0 Å². The lowest BCUT2D eigenvalue weighted by atomic mass is 9.83. The average Bonchev–Trinajstić information content (AvgIpc) is 3.02. The van der Waals surface area contributed by atoms with Crippen molar-refractivity contribution in [1.29, 1.82) is 0 Å². The van der Waals surface area contributed by atoms with Gasteiger partial charge in [0.2, 0.25) is 0 Å². The minimum absolute atomic E-state index is 0.491. The molecule has 5 nitrogen and oxygen atoms in total. The van der Waals surface area contributed by atoms with E-state index in [-0.39, 0.29) is 0 Å². The third-order valence-electron chi connectivity index (χ3n) is 5.03. The molecule has 1 unspecified atom stereocenters. The van der Waals surface area contributed by atoms with Crippen molar-refractivity contribution in [3.63, 3.8) is 0 Å². The molecule has 1 saturated carbocycles. The Labute approximate surface area is 125 Å². The van der Waals surface area contributed by atoms with E-state index in [2.05, 4.69) is 30.5 Å². The van der Waals surface area contributed by atoms with Gasteiger partial charge in [0, 0.05) is 35.8 Å². The normalized spacial score (nSPS) is 22.7. The Morgan fingerprint density at radius 3 is 2.81 bits per heavy atom. The summed E-state index contributed by atoms with van der Waals surface area (Å²) in [5.41, 5.74) is 4.49. The molecule has 2 aliphatic rings. The molecule has 2 N–H and O–H groups in total. The van der Waals surface area contributed by atoms with E-state index in [0.717, 1.165) is 30.2 Å². The van der Waals surface area contributed by atoms with Crippen molar-refractivity contribution in [3.05, 3.63) is 23.0 Å². The molecule has 2 aromatic heterocycles. The van der Waals surface area contributed by atoms with Crippen LogP contribution in [0, 0.1) is 13.8 Å². The molecule has 0 radical (unpaired) electrons. The van der Waals surface area contributed by atoms with Crippen molar-refractivity contribution in [2.45, 2.75) is 51.5 Å². The number of aromatic nitrogens is 3. The lowest BCUT2D eigenvalue weighted by Crippen LogP contribution is -2.24. The van der Waals surface area contributed by atoms with E-state index >= 15 is 0 Å². The van der Waals surface area contributed by atoms with Crippen molar-refractivity contribution in [2.24, 2.45) is 0 Å². The highest BCUT2D eigenvalue weighted by Gasteiger charge is 2.24. The minimum Gasteiger partial charge on any atom is -0.366 e. The molecule has 1 saturated heterocycles. The zero-order chi connectivity index (χ0) is 14.4. The van der Waals surface area contributed by atoms with Gasteiger partial charge < -0.3 is 10.6 Å². The highest BCUT2D eigenvalue weighted by Crippen LogP contribution is 2.36. The molecule has 2 aromatic rings. The fourth-order valence-corrected chi connectivity index (χ4v) is 3.26.